The molecule has 2 N–H and O–H groups in total. The molecule has 2 atom stereocenters. The Morgan fingerprint density at radius 1 is 1.56 bits per heavy atom. The van der Waals surface area contributed by atoms with Gasteiger partial charge in [0.2, 0.25) is 5.88 Å². The van der Waals surface area contributed by atoms with Gasteiger partial charge >= 0.3 is 0 Å². The molecule has 1 aliphatic rings. The summed E-state index contributed by atoms with van der Waals surface area (Å²) in [4.78, 5) is 21.2. The Morgan fingerprint density at radius 2 is 2.41 bits per heavy atom. The number of pyridine rings is 1. The van der Waals surface area contributed by atoms with Crippen molar-refractivity contribution >= 4 is 28.8 Å². The molecule has 0 aromatic carbocycles. The van der Waals surface area contributed by atoms with Crippen molar-refractivity contribution in [3.63, 3.8) is 0 Å². The summed E-state index contributed by atoms with van der Waals surface area (Å²) in [6.45, 7) is -2.50. The highest BCUT2D eigenvalue weighted by Gasteiger charge is 2.39. The number of ether oxygens (including phenoxy) is 1. The molecule has 8 nitrogen and oxygen atoms in total. The minimum atomic E-state index is -2.50. The first kappa shape index (κ1) is 13.9. The Balaban J connectivity index is 1.75. The van der Waals surface area contributed by atoms with Gasteiger partial charge in [-0.3, -0.25) is 4.79 Å². The number of fused-ring (bicyclic) bond motifs is 1. The number of carbonyl (C=O) groups is 1. The zero-order valence-corrected chi connectivity index (χ0v) is 14.4. The van der Waals surface area contributed by atoms with E-state index in [4.69, 9.17) is 8.85 Å². The van der Waals surface area contributed by atoms with Crippen LogP contribution in [0.15, 0.2) is 30.6 Å². The molecule has 1 fully saturated rings. The summed E-state index contributed by atoms with van der Waals surface area (Å²) in [5, 5.41) is 9.53. The lowest BCUT2D eigenvalue weighted by Crippen LogP contribution is -2.07. The van der Waals surface area contributed by atoms with E-state index < -0.39 is 13.1 Å². The number of ketones is 1. The van der Waals surface area contributed by atoms with Gasteiger partial charge in [0.1, 0.15) is 23.5 Å². The Bertz CT molecular complexity index is 1100. The predicted molar refractivity (Wildman–Crippen MR) is 98.6 cm³/mol. The Morgan fingerprint density at radius 3 is 3.15 bits per heavy atom. The lowest BCUT2D eigenvalue weighted by Gasteiger charge is -2.11. The van der Waals surface area contributed by atoms with E-state index in [1.54, 1.807) is 18.3 Å². The van der Waals surface area contributed by atoms with Gasteiger partial charge in [-0.2, -0.15) is 9.61 Å². The molecule has 0 aliphatic heterocycles. The van der Waals surface area contributed by atoms with Crippen molar-refractivity contribution in [2.75, 3.05) is 24.7 Å². The van der Waals surface area contributed by atoms with Crippen LogP contribution in [0.2, 0.25) is 0 Å². The van der Waals surface area contributed by atoms with Crippen LogP contribution in [0.3, 0.4) is 0 Å². The largest absolute Gasteiger partial charge is 0.480 e. The summed E-state index contributed by atoms with van der Waals surface area (Å²) in [6.07, 6.45) is 2.36. The molecule has 3 aromatic rings. The summed E-state index contributed by atoms with van der Waals surface area (Å²) >= 11 is 0. The standard InChI is InChI=1S/C18H19FN6O2/c1-20-16-8-15(23-13-4-3-5-21-18(13)27-2)24-17-11(9-22-25(16)17)14(26)7-10-6-12(10)19/h3-5,8-10,12,20H,6-7H2,1-2H3,(H,23,24)/t10-,12-/m0/s1/i1D3. The van der Waals surface area contributed by atoms with Crippen molar-refractivity contribution in [3.8, 4) is 5.88 Å². The molecule has 0 unspecified atom stereocenters. The first-order valence-corrected chi connectivity index (χ1v) is 8.35. The smallest absolute Gasteiger partial charge is 0.237 e. The SMILES string of the molecule is [2H]C([2H])([2H])Nc1cc(Nc2cccnc2OC)nc2c(C(=O)C[C@@H]3C[C@@H]3F)cnn12. The number of rotatable bonds is 7. The van der Waals surface area contributed by atoms with Gasteiger partial charge in [0.25, 0.3) is 0 Å². The molecule has 1 saturated carbocycles. The molecule has 27 heavy (non-hydrogen) atoms. The fourth-order valence-electron chi connectivity index (χ4n) is 2.87. The Labute approximate surface area is 159 Å². The topological polar surface area (TPSA) is 93.4 Å². The van der Waals surface area contributed by atoms with Gasteiger partial charge in [-0.25, -0.2) is 14.4 Å². The van der Waals surface area contributed by atoms with Gasteiger partial charge in [-0.15, -0.1) is 0 Å². The molecule has 9 heteroatoms. The normalized spacial score (nSPS) is 20.4. The highest BCUT2D eigenvalue weighted by Crippen LogP contribution is 2.38. The Hall–Kier alpha value is -3.23. The van der Waals surface area contributed by atoms with Gasteiger partial charge in [0.15, 0.2) is 11.4 Å². The molecule has 0 spiro atoms. The van der Waals surface area contributed by atoms with Crippen molar-refractivity contribution in [1.82, 2.24) is 19.6 Å². The van der Waals surface area contributed by atoms with Crippen molar-refractivity contribution in [2.45, 2.75) is 19.0 Å². The second-order valence-corrected chi connectivity index (χ2v) is 6.27. The van der Waals surface area contributed by atoms with Crippen molar-refractivity contribution in [2.24, 2.45) is 5.92 Å². The Kier molecular flexibility index (Phi) is 3.51. The zero-order valence-electron chi connectivity index (χ0n) is 17.4. The molecule has 3 heterocycles. The fourth-order valence-corrected chi connectivity index (χ4v) is 2.87. The maximum absolute atomic E-state index is 13.2. The molecular formula is C18H19FN6O2. The molecule has 1 aliphatic carbocycles. The van der Waals surface area contributed by atoms with Crippen LogP contribution in [0.25, 0.3) is 5.65 Å². The zero-order chi connectivity index (χ0) is 21.5. The maximum atomic E-state index is 13.2. The number of carbonyl (C=O) groups excluding carboxylic acids is 1. The van der Waals surface area contributed by atoms with Gasteiger partial charge in [-0.05, 0) is 18.6 Å². The summed E-state index contributed by atoms with van der Waals surface area (Å²) in [7, 11) is 1.47. The van der Waals surface area contributed by atoms with E-state index in [-0.39, 0.29) is 41.0 Å². The lowest BCUT2D eigenvalue weighted by atomic mass is 10.1. The minimum Gasteiger partial charge on any atom is -0.480 e. The summed E-state index contributed by atoms with van der Waals surface area (Å²) in [6, 6.07) is 4.86. The predicted octanol–water partition coefficient (Wildman–Crippen LogP) is 2.85. The number of alkyl halides is 1. The highest BCUT2D eigenvalue weighted by atomic mass is 19.1. The van der Waals surface area contributed by atoms with Gasteiger partial charge in [-0.1, -0.05) is 0 Å². The molecule has 140 valence electrons. The summed E-state index contributed by atoms with van der Waals surface area (Å²) < 4.78 is 42.2. The van der Waals surface area contributed by atoms with Crippen molar-refractivity contribution in [1.29, 1.82) is 0 Å². The summed E-state index contributed by atoms with van der Waals surface area (Å²) in [5.74, 6) is 0.105. The van der Waals surface area contributed by atoms with E-state index in [1.807, 2.05) is 0 Å². The average Bonchev–Trinajstić information content (AvgIpc) is 3.19. The van der Waals surface area contributed by atoms with Gasteiger partial charge in [0, 0.05) is 35.7 Å². The monoisotopic (exact) mass is 373 g/mol. The first-order chi connectivity index (χ1) is 14.2. The fraction of sp³-hybridized carbons (Fsp3) is 0.333. The lowest BCUT2D eigenvalue weighted by molar-refractivity contribution is 0.0974. The van der Waals surface area contributed by atoms with Crippen LogP contribution in [0, 0.1) is 5.92 Å². The summed E-state index contributed by atoms with van der Waals surface area (Å²) in [5.41, 5.74) is 0.863. The number of hydrogen-bond donors (Lipinski definition) is 2. The number of Topliss-reactive ketones (excluding diaryl/α,β-unsaturated/α-hetero) is 1. The van der Waals surface area contributed by atoms with E-state index in [2.05, 4.69) is 25.7 Å². The van der Waals surface area contributed by atoms with Crippen LogP contribution < -0.4 is 15.4 Å². The third-order valence-electron chi connectivity index (χ3n) is 4.41. The number of anilines is 3. The minimum absolute atomic E-state index is 0.0559. The number of nitrogens with one attached hydrogen (secondary N) is 2. The van der Waals surface area contributed by atoms with Crippen LogP contribution in [0.5, 0.6) is 5.88 Å². The molecule has 0 bridgehead atoms. The maximum Gasteiger partial charge on any atom is 0.237 e. The number of aromatic nitrogens is 4. The van der Waals surface area contributed by atoms with E-state index in [0.717, 1.165) is 0 Å². The number of nitrogens with zero attached hydrogens (tertiary/aromatic N) is 4. The third-order valence-corrected chi connectivity index (χ3v) is 4.41. The van der Waals surface area contributed by atoms with E-state index in [1.165, 1.54) is 23.9 Å². The number of methoxy groups -OCH3 is 1. The van der Waals surface area contributed by atoms with E-state index in [0.29, 0.717) is 18.0 Å². The molecule has 3 aromatic heterocycles. The number of hydrogen-bond acceptors (Lipinski definition) is 7. The van der Waals surface area contributed by atoms with Crippen LogP contribution in [-0.4, -0.2) is 45.6 Å². The van der Waals surface area contributed by atoms with Crippen LogP contribution >= 0.6 is 0 Å². The van der Waals surface area contributed by atoms with Gasteiger partial charge < -0.3 is 15.4 Å². The highest BCUT2D eigenvalue weighted by molar-refractivity contribution is 6.02. The molecular weight excluding hydrogens is 351 g/mol. The quantitative estimate of drug-likeness (QED) is 0.615. The molecule has 0 amide bonds. The average molecular weight is 373 g/mol. The van der Waals surface area contributed by atoms with Crippen LogP contribution in [0.4, 0.5) is 21.7 Å². The van der Waals surface area contributed by atoms with Crippen LogP contribution in [-0.2, 0) is 0 Å². The van der Waals surface area contributed by atoms with Crippen molar-refractivity contribution in [3.05, 3.63) is 36.2 Å². The molecule has 0 saturated heterocycles. The second kappa shape index (κ2) is 6.82. The van der Waals surface area contributed by atoms with E-state index >= 15 is 0 Å². The van der Waals surface area contributed by atoms with E-state index in [9.17, 15) is 9.18 Å². The first-order valence-electron chi connectivity index (χ1n) is 9.85. The van der Waals surface area contributed by atoms with Crippen LogP contribution in [0.1, 0.15) is 27.3 Å². The molecule has 4 rings (SSSR count). The second-order valence-electron chi connectivity index (χ2n) is 6.27. The molecule has 0 radical (unpaired) electrons. The van der Waals surface area contributed by atoms with Gasteiger partial charge in [0.05, 0.1) is 18.9 Å². The van der Waals surface area contributed by atoms with Crippen molar-refractivity contribution < 1.29 is 18.0 Å². The third kappa shape index (κ3) is 3.27. The number of halogens is 1.